The molecule has 1 aliphatic rings. The lowest BCUT2D eigenvalue weighted by atomic mass is 10.2. The monoisotopic (exact) mass is 387 g/mol. The summed E-state index contributed by atoms with van der Waals surface area (Å²) < 4.78 is 11.9. The third kappa shape index (κ3) is 4.46. The molecular formula is C15H22BrN3O2S. The second kappa shape index (κ2) is 7.46. The van der Waals surface area contributed by atoms with Gasteiger partial charge < -0.3 is 20.1 Å². The van der Waals surface area contributed by atoms with E-state index in [1.54, 1.807) is 7.05 Å². The summed E-state index contributed by atoms with van der Waals surface area (Å²) in [6.07, 6.45) is 2.11. The Morgan fingerprint density at radius 2 is 2.14 bits per heavy atom. The number of nitrogens with zero attached hydrogens (tertiary/aromatic N) is 1. The quantitative estimate of drug-likeness (QED) is 0.600. The minimum atomic E-state index is 0.166. The molecule has 0 saturated heterocycles. The van der Waals surface area contributed by atoms with Crippen LogP contribution in [0.25, 0.3) is 0 Å². The lowest BCUT2D eigenvalue weighted by molar-refractivity contribution is 0.173. The molecule has 2 rings (SSSR count). The molecule has 2 N–H and O–H groups in total. The van der Waals surface area contributed by atoms with Crippen molar-refractivity contribution in [3.63, 3.8) is 0 Å². The van der Waals surface area contributed by atoms with Crippen molar-refractivity contribution in [2.75, 3.05) is 26.6 Å². The van der Waals surface area contributed by atoms with E-state index in [4.69, 9.17) is 9.47 Å². The fourth-order valence-corrected chi connectivity index (χ4v) is 2.72. The molecule has 5 nitrogen and oxygen atoms in total. The van der Waals surface area contributed by atoms with Gasteiger partial charge in [0.05, 0.1) is 4.47 Å². The van der Waals surface area contributed by atoms with Crippen LogP contribution < -0.4 is 20.1 Å². The molecule has 0 amide bonds. The van der Waals surface area contributed by atoms with Crippen LogP contribution in [0.2, 0.25) is 0 Å². The van der Waals surface area contributed by atoms with Gasteiger partial charge in [0.1, 0.15) is 0 Å². The molecule has 0 bridgehead atoms. The van der Waals surface area contributed by atoms with Gasteiger partial charge in [-0.1, -0.05) is 0 Å². The molecule has 1 aromatic carbocycles. The maximum Gasteiger partial charge on any atom is 0.231 e. The zero-order valence-corrected chi connectivity index (χ0v) is 15.7. The first-order valence-electron chi connectivity index (χ1n) is 7.03. The first-order chi connectivity index (χ1) is 10.4. The number of aliphatic imine (C=N–C) groups is 1. The third-order valence-corrected chi connectivity index (χ3v) is 5.24. The molecule has 0 unspecified atom stereocenters. The summed E-state index contributed by atoms with van der Waals surface area (Å²) in [5.74, 6) is 2.33. The normalized spacial score (nSPS) is 14.1. The standard InChI is InChI=1S/C15H22BrN3O2S/c1-15(2,22-4)8-19-14(17-3)18-7-10-5-11(16)13-12(6-10)20-9-21-13/h5-6H,7-9H2,1-4H3,(H2,17,18,19). The van der Waals surface area contributed by atoms with Crippen LogP contribution in [0.3, 0.4) is 0 Å². The van der Waals surface area contributed by atoms with Gasteiger partial charge in [0, 0.05) is 24.9 Å². The molecule has 1 aromatic rings. The van der Waals surface area contributed by atoms with Crippen molar-refractivity contribution in [1.82, 2.24) is 10.6 Å². The van der Waals surface area contributed by atoms with E-state index in [9.17, 15) is 0 Å². The summed E-state index contributed by atoms with van der Waals surface area (Å²) in [4.78, 5) is 4.25. The second-order valence-corrected chi connectivity index (χ2v) is 7.92. The number of halogens is 1. The van der Waals surface area contributed by atoms with Crippen LogP contribution in [0, 0.1) is 0 Å². The van der Waals surface area contributed by atoms with Crippen molar-refractivity contribution in [2.24, 2.45) is 4.99 Å². The molecule has 0 aliphatic carbocycles. The highest BCUT2D eigenvalue weighted by Gasteiger charge is 2.18. The fraction of sp³-hybridized carbons (Fsp3) is 0.533. The number of benzene rings is 1. The molecule has 22 heavy (non-hydrogen) atoms. The van der Waals surface area contributed by atoms with Gasteiger partial charge in [-0.25, -0.2) is 0 Å². The van der Waals surface area contributed by atoms with Gasteiger partial charge >= 0.3 is 0 Å². The zero-order chi connectivity index (χ0) is 16.2. The first-order valence-corrected chi connectivity index (χ1v) is 9.04. The molecule has 0 radical (unpaired) electrons. The molecule has 0 aromatic heterocycles. The van der Waals surface area contributed by atoms with Gasteiger partial charge in [-0.3, -0.25) is 4.99 Å². The van der Waals surface area contributed by atoms with Crippen molar-refractivity contribution in [1.29, 1.82) is 0 Å². The van der Waals surface area contributed by atoms with E-state index in [1.807, 2.05) is 23.9 Å². The molecule has 0 fully saturated rings. The Balaban J connectivity index is 1.93. The van der Waals surface area contributed by atoms with Crippen LogP contribution >= 0.6 is 27.7 Å². The van der Waals surface area contributed by atoms with E-state index in [0.29, 0.717) is 6.54 Å². The number of ether oxygens (including phenoxy) is 2. The topological polar surface area (TPSA) is 54.9 Å². The van der Waals surface area contributed by atoms with Gasteiger partial charge in [0.25, 0.3) is 0 Å². The van der Waals surface area contributed by atoms with E-state index < -0.39 is 0 Å². The van der Waals surface area contributed by atoms with E-state index >= 15 is 0 Å². The third-order valence-electron chi connectivity index (χ3n) is 3.40. The predicted molar refractivity (Wildman–Crippen MR) is 96.1 cm³/mol. The molecule has 1 aliphatic heterocycles. The summed E-state index contributed by atoms with van der Waals surface area (Å²) in [7, 11) is 1.77. The number of hydrogen-bond donors (Lipinski definition) is 2. The maximum absolute atomic E-state index is 5.43. The van der Waals surface area contributed by atoms with Crippen LogP contribution in [-0.2, 0) is 6.54 Å². The van der Waals surface area contributed by atoms with E-state index in [-0.39, 0.29) is 11.5 Å². The van der Waals surface area contributed by atoms with E-state index in [2.05, 4.69) is 51.7 Å². The maximum atomic E-state index is 5.43. The van der Waals surface area contributed by atoms with E-state index in [1.165, 1.54) is 0 Å². The Bertz CT molecular complexity index is 564. The number of nitrogens with one attached hydrogen (secondary N) is 2. The summed E-state index contributed by atoms with van der Waals surface area (Å²) in [6.45, 7) is 6.19. The highest BCUT2D eigenvalue weighted by atomic mass is 79.9. The largest absolute Gasteiger partial charge is 0.454 e. The van der Waals surface area contributed by atoms with Crippen molar-refractivity contribution in [3.05, 3.63) is 22.2 Å². The van der Waals surface area contributed by atoms with Crippen LogP contribution in [0.4, 0.5) is 0 Å². The van der Waals surface area contributed by atoms with Gasteiger partial charge in [0.15, 0.2) is 17.5 Å². The average Bonchev–Trinajstić information content (AvgIpc) is 2.96. The van der Waals surface area contributed by atoms with Gasteiger partial charge in [0.2, 0.25) is 6.79 Å². The summed E-state index contributed by atoms with van der Waals surface area (Å²) >= 11 is 5.33. The van der Waals surface area contributed by atoms with E-state index in [0.717, 1.165) is 34.0 Å². The molecule has 7 heteroatoms. The Kier molecular flexibility index (Phi) is 5.86. The molecule has 122 valence electrons. The summed E-state index contributed by atoms with van der Waals surface area (Å²) in [6, 6.07) is 4.01. The Morgan fingerprint density at radius 3 is 2.82 bits per heavy atom. The highest BCUT2D eigenvalue weighted by Crippen LogP contribution is 2.39. The number of rotatable bonds is 5. The second-order valence-electron chi connectivity index (χ2n) is 5.55. The van der Waals surface area contributed by atoms with Gasteiger partial charge in [-0.2, -0.15) is 11.8 Å². The molecule has 0 atom stereocenters. The summed E-state index contributed by atoms with van der Waals surface area (Å²) in [5.41, 5.74) is 1.10. The van der Waals surface area contributed by atoms with Crippen LogP contribution in [0.1, 0.15) is 19.4 Å². The molecular weight excluding hydrogens is 366 g/mol. The minimum Gasteiger partial charge on any atom is -0.454 e. The number of thioether (sulfide) groups is 1. The molecule has 0 saturated carbocycles. The lowest BCUT2D eigenvalue weighted by Crippen LogP contribution is -2.42. The minimum absolute atomic E-state index is 0.166. The van der Waals surface area contributed by atoms with Crippen molar-refractivity contribution in [3.8, 4) is 11.5 Å². The van der Waals surface area contributed by atoms with Crippen molar-refractivity contribution >= 4 is 33.7 Å². The number of guanidine groups is 1. The van der Waals surface area contributed by atoms with Crippen LogP contribution in [-0.4, -0.2) is 37.3 Å². The lowest BCUT2D eigenvalue weighted by Gasteiger charge is -2.23. The Labute approximate surface area is 144 Å². The Morgan fingerprint density at radius 1 is 1.36 bits per heavy atom. The molecule has 1 heterocycles. The predicted octanol–water partition coefficient (Wildman–Crippen LogP) is 2.98. The van der Waals surface area contributed by atoms with Crippen LogP contribution in [0.15, 0.2) is 21.6 Å². The SMILES string of the molecule is CN=C(NCc1cc(Br)c2c(c1)OCO2)NCC(C)(C)SC. The highest BCUT2D eigenvalue weighted by molar-refractivity contribution is 9.10. The summed E-state index contributed by atoms with van der Waals surface area (Å²) in [5, 5.41) is 6.66. The van der Waals surface area contributed by atoms with Crippen molar-refractivity contribution < 1.29 is 9.47 Å². The number of hydrogen-bond acceptors (Lipinski definition) is 4. The van der Waals surface area contributed by atoms with Crippen molar-refractivity contribution in [2.45, 2.75) is 25.1 Å². The smallest absolute Gasteiger partial charge is 0.231 e. The Hall–Kier alpha value is -1.08. The zero-order valence-electron chi connectivity index (χ0n) is 13.3. The number of fused-ring (bicyclic) bond motifs is 1. The van der Waals surface area contributed by atoms with Gasteiger partial charge in [-0.15, -0.1) is 0 Å². The average molecular weight is 388 g/mol. The fourth-order valence-electron chi connectivity index (χ4n) is 1.90. The van der Waals surface area contributed by atoms with Crippen LogP contribution in [0.5, 0.6) is 11.5 Å². The first kappa shape index (κ1) is 17.3. The van der Waals surface area contributed by atoms with Gasteiger partial charge in [-0.05, 0) is 53.7 Å². The molecule has 0 spiro atoms.